The first-order valence-electron chi connectivity index (χ1n) is 8.50. The minimum absolute atomic E-state index is 0.0137. The number of pyridine rings is 1. The molecule has 1 atom stereocenters. The van der Waals surface area contributed by atoms with Gasteiger partial charge in [0.1, 0.15) is 0 Å². The summed E-state index contributed by atoms with van der Waals surface area (Å²) >= 11 is 0. The highest BCUT2D eigenvalue weighted by Gasteiger charge is 2.29. The van der Waals surface area contributed by atoms with Crippen LogP contribution in [0.25, 0.3) is 0 Å². The number of nitrogens with zero attached hydrogens (tertiary/aromatic N) is 2. The summed E-state index contributed by atoms with van der Waals surface area (Å²) in [6.07, 6.45) is 2.31. The Kier molecular flexibility index (Phi) is 5.56. The molecule has 1 fully saturated rings. The monoisotopic (exact) mass is 338 g/mol. The topological polar surface area (TPSA) is 59.5 Å². The first kappa shape index (κ1) is 17.3. The Labute approximate surface area is 147 Å². The Hall–Kier alpha value is -2.53. The van der Waals surface area contributed by atoms with Gasteiger partial charge in [0.2, 0.25) is 5.91 Å². The van der Waals surface area contributed by atoms with Crippen molar-refractivity contribution in [1.29, 1.82) is 0 Å². The molecule has 1 aromatic carbocycles. The van der Waals surface area contributed by atoms with E-state index in [4.69, 9.17) is 4.74 Å². The van der Waals surface area contributed by atoms with Gasteiger partial charge in [0, 0.05) is 30.4 Å². The molecular formula is C20H22N2O3. The van der Waals surface area contributed by atoms with E-state index in [2.05, 4.69) is 4.98 Å². The summed E-state index contributed by atoms with van der Waals surface area (Å²) in [5, 5.41) is 0. The Bertz CT molecular complexity index is 728. The zero-order chi connectivity index (χ0) is 17.6. The van der Waals surface area contributed by atoms with E-state index in [1.165, 1.54) is 0 Å². The van der Waals surface area contributed by atoms with Gasteiger partial charge in [-0.3, -0.25) is 14.6 Å². The lowest BCUT2D eigenvalue weighted by atomic mass is 10.0. The fourth-order valence-corrected chi connectivity index (χ4v) is 2.99. The Morgan fingerprint density at radius 2 is 2.00 bits per heavy atom. The van der Waals surface area contributed by atoms with Crippen LogP contribution in [0.15, 0.2) is 48.7 Å². The number of morpholine rings is 1. The smallest absolute Gasteiger partial charge is 0.227 e. The molecule has 130 valence electrons. The molecular weight excluding hydrogens is 316 g/mol. The van der Waals surface area contributed by atoms with Crippen molar-refractivity contribution in [3.63, 3.8) is 0 Å². The predicted octanol–water partition coefficient (Wildman–Crippen LogP) is 2.43. The number of ketones is 1. The standard InChI is InChI=1S/C20H22N2O3/c1-15-7-8-16(13-21-15)11-20(24)22-9-10-25-14-18(22)12-19(23)17-5-3-2-4-6-17/h2-8,13,18H,9-12,14H2,1H3/t18-/m1/s1. The van der Waals surface area contributed by atoms with Crippen LogP contribution < -0.4 is 0 Å². The van der Waals surface area contributed by atoms with E-state index < -0.39 is 0 Å². The number of carbonyl (C=O) groups is 2. The summed E-state index contributed by atoms with van der Waals surface area (Å²) < 4.78 is 5.51. The second kappa shape index (κ2) is 8.03. The molecule has 0 aliphatic carbocycles. The van der Waals surface area contributed by atoms with Gasteiger partial charge >= 0.3 is 0 Å². The average molecular weight is 338 g/mol. The van der Waals surface area contributed by atoms with Gasteiger partial charge in [0.05, 0.1) is 25.7 Å². The Morgan fingerprint density at radius 1 is 1.20 bits per heavy atom. The minimum atomic E-state index is -0.215. The summed E-state index contributed by atoms with van der Waals surface area (Å²) in [4.78, 5) is 31.2. The van der Waals surface area contributed by atoms with Gasteiger partial charge in [-0.05, 0) is 18.6 Å². The van der Waals surface area contributed by atoms with E-state index in [0.717, 1.165) is 11.3 Å². The maximum absolute atomic E-state index is 12.7. The third kappa shape index (κ3) is 4.51. The van der Waals surface area contributed by atoms with E-state index >= 15 is 0 Å². The molecule has 5 heteroatoms. The average Bonchev–Trinajstić information content (AvgIpc) is 2.64. The van der Waals surface area contributed by atoms with Crippen molar-refractivity contribution in [3.05, 3.63) is 65.5 Å². The van der Waals surface area contributed by atoms with Gasteiger partial charge in [-0.2, -0.15) is 0 Å². The number of Topliss-reactive ketones (excluding diaryl/α,β-unsaturated/α-hetero) is 1. The third-order valence-electron chi connectivity index (χ3n) is 4.39. The molecule has 0 N–H and O–H groups in total. The lowest BCUT2D eigenvalue weighted by molar-refractivity contribution is -0.138. The fraction of sp³-hybridized carbons (Fsp3) is 0.350. The number of ether oxygens (including phenoxy) is 1. The van der Waals surface area contributed by atoms with Gasteiger partial charge < -0.3 is 9.64 Å². The number of aromatic nitrogens is 1. The number of amides is 1. The number of hydrogen-bond acceptors (Lipinski definition) is 4. The van der Waals surface area contributed by atoms with Crippen LogP contribution in [-0.4, -0.2) is 47.4 Å². The van der Waals surface area contributed by atoms with Crippen molar-refractivity contribution in [2.45, 2.75) is 25.8 Å². The number of carbonyl (C=O) groups excluding carboxylic acids is 2. The molecule has 1 amide bonds. The number of rotatable bonds is 5. The molecule has 25 heavy (non-hydrogen) atoms. The summed E-state index contributed by atoms with van der Waals surface area (Å²) in [6, 6.07) is 12.8. The number of aryl methyl sites for hydroxylation is 1. The highest BCUT2D eigenvalue weighted by molar-refractivity contribution is 5.96. The molecule has 0 spiro atoms. The molecule has 0 saturated carbocycles. The van der Waals surface area contributed by atoms with Crippen molar-refractivity contribution in [1.82, 2.24) is 9.88 Å². The third-order valence-corrected chi connectivity index (χ3v) is 4.39. The van der Waals surface area contributed by atoms with Gasteiger partial charge in [0.15, 0.2) is 5.78 Å². The van der Waals surface area contributed by atoms with Crippen LogP contribution in [0.2, 0.25) is 0 Å². The van der Waals surface area contributed by atoms with E-state index in [-0.39, 0.29) is 24.2 Å². The van der Waals surface area contributed by atoms with Crippen molar-refractivity contribution in [3.8, 4) is 0 Å². The van der Waals surface area contributed by atoms with Gasteiger partial charge in [-0.25, -0.2) is 0 Å². The lowest BCUT2D eigenvalue weighted by Gasteiger charge is -2.35. The highest BCUT2D eigenvalue weighted by atomic mass is 16.5. The number of hydrogen-bond donors (Lipinski definition) is 0. The summed E-state index contributed by atoms with van der Waals surface area (Å²) in [7, 11) is 0. The SMILES string of the molecule is Cc1ccc(CC(=O)N2CCOC[C@H]2CC(=O)c2ccccc2)cn1. The zero-order valence-electron chi connectivity index (χ0n) is 14.4. The van der Waals surface area contributed by atoms with Crippen LogP contribution in [0.5, 0.6) is 0 Å². The Morgan fingerprint density at radius 3 is 2.72 bits per heavy atom. The summed E-state index contributed by atoms with van der Waals surface area (Å²) in [6.45, 7) is 3.34. The highest BCUT2D eigenvalue weighted by Crippen LogP contribution is 2.16. The van der Waals surface area contributed by atoms with Crippen LogP contribution in [-0.2, 0) is 16.0 Å². The first-order chi connectivity index (χ1) is 12.1. The second-order valence-electron chi connectivity index (χ2n) is 6.29. The molecule has 0 bridgehead atoms. The van der Waals surface area contributed by atoms with E-state index in [0.29, 0.717) is 31.7 Å². The van der Waals surface area contributed by atoms with Crippen LogP contribution in [0, 0.1) is 6.92 Å². The summed E-state index contributed by atoms with van der Waals surface area (Å²) in [5.74, 6) is 0.0470. The van der Waals surface area contributed by atoms with Crippen LogP contribution in [0.4, 0.5) is 0 Å². The molecule has 2 heterocycles. The molecule has 1 aromatic heterocycles. The number of benzene rings is 1. The molecule has 1 saturated heterocycles. The first-order valence-corrected chi connectivity index (χ1v) is 8.50. The fourth-order valence-electron chi connectivity index (χ4n) is 2.99. The zero-order valence-corrected chi connectivity index (χ0v) is 14.4. The van der Waals surface area contributed by atoms with Crippen LogP contribution >= 0.6 is 0 Å². The van der Waals surface area contributed by atoms with E-state index in [1.54, 1.807) is 23.2 Å². The molecule has 2 aromatic rings. The Balaban J connectivity index is 1.66. The summed E-state index contributed by atoms with van der Waals surface area (Å²) in [5.41, 5.74) is 2.48. The van der Waals surface area contributed by atoms with Crippen molar-refractivity contribution in [2.24, 2.45) is 0 Å². The van der Waals surface area contributed by atoms with Gasteiger partial charge in [0.25, 0.3) is 0 Å². The lowest BCUT2D eigenvalue weighted by Crippen LogP contribution is -2.50. The maximum Gasteiger partial charge on any atom is 0.227 e. The molecule has 5 nitrogen and oxygen atoms in total. The molecule has 0 unspecified atom stereocenters. The van der Waals surface area contributed by atoms with Crippen molar-refractivity contribution >= 4 is 11.7 Å². The quantitative estimate of drug-likeness (QED) is 0.786. The minimum Gasteiger partial charge on any atom is -0.377 e. The van der Waals surface area contributed by atoms with E-state index in [1.807, 2.05) is 37.3 Å². The largest absolute Gasteiger partial charge is 0.377 e. The molecule has 1 aliphatic rings. The molecule has 3 rings (SSSR count). The van der Waals surface area contributed by atoms with E-state index in [9.17, 15) is 9.59 Å². The molecule has 1 aliphatic heterocycles. The maximum atomic E-state index is 12.7. The normalized spacial score (nSPS) is 17.3. The van der Waals surface area contributed by atoms with Crippen molar-refractivity contribution in [2.75, 3.05) is 19.8 Å². The predicted molar refractivity (Wildman–Crippen MR) is 94.4 cm³/mol. The van der Waals surface area contributed by atoms with Crippen LogP contribution in [0.3, 0.4) is 0 Å². The van der Waals surface area contributed by atoms with Gasteiger partial charge in [-0.15, -0.1) is 0 Å². The molecule has 0 radical (unpaired) electrons. The van der Waals surface area contributed by atoms with Crippen molar-refractivity contribution < 1.29 is 14.3 Å². The van der Waals surface area contributed by atoms with Crippen LogP contribution in [0.1, 0.15) is 28.0 Å². The second-order valence-corrected chi connectivity index (χ2v) is 6.29. The van der Waals surface area contributed by atoms with Gasteiger partial charge in [-0.1, -0.05) is 36.4 Å².